The maximum Gasteiger partial charge on any atom is 0.573 e. The van der Waals surface area contributed by atoms with E-state index in [-0.39, 0.29) is 11.3 Å². The Hall–Kier alpha value is -2.89. The summed E-state index contributed by atoms with van der Waals surface area (Å²) in [7, 11) is 0. The average Bonchev–Trinajstić information content (AvgIpc) is 2.68. The molecule has 0 amide bonds. The van der Waals surface area contributed by atoms with E-state index in [4.69, 9.17) is 0 Å². The molecule has 0 atom stereocenters. The van der Waals surface area contributed by atoms with Crippen molar-refractivity contribution in [3.8, 4) is 28.0 Å². The highest BCUT2D eigenvalue weighted by atomic mass is 19.4. The first-order valence-electron chi connectivity index (χ1n) is 9.71. The van der Waals surface area contributed by atoms with Gasteiger partial charge >= 0.3 is 6.36 Å². The van der Waals surface area contributed by atoms with Crippen LogP contribution in [-0.4, -0.2) is 6.36 Å². The first-order chi connectivity index (χ1) is 14.3. The Balaban J connectivity index is 1.80. The van der Waals surface area contributed by atoms with E-state index in [1.165, 1.54) is 30.3 Å². The van der Waals surface area contributed by atoms with Crippen LogP contribution >= 0.6 is 0 Å². The van der Waals surface area contributed by atoms with Gasteiger partial charge in [0.2, 0.25) is 0 Å². The van der Waals surface area contributed by atoms with Crippen LogP contribution in [0.2, 0.25) is 0 Å². The normalized spacial score (nSPS) is 11.5. The van der Waals surface area contributed by atoms with Crippen LogP contribution in [0.5, 0.6) is 5.75 Å². The molecular formula is C24H21F5O. The number of benzene rings is 3. The number of unbranched alkanes of at least 4 members (excludes halogenated alkanes) is 2. The van der Waals surface area contributed by atoms with Gasteiger partial charge in [0.05, 0.1) is 0 Å². The summed E-state index contributed by atoms with van der Waals surface area (Å²) in [4.78, 5) is 0. The minimum atomic E-state index is -4.79. The molecular weight excluding hydrogens is 399 g/mol. The molecule has 0 radical (unpaired) electrons. The van der Waals surface area contributed by atoms with Crippen molar-refractivity contribution in [2.24, 2.45) is 0 Å². The second kappa shape index (κ2) is 9.28. The van der Waals surface area contributed by atoms with E-state index < -0.39 is 18.0 Å². The van der Waals surface area contributed by atoms with Gasteiger partial charge in [-0.15, -0.1) is 13.2 Å². The van der Waals surface area contributed by atoms with Crippen LogP contribution in [-0.2, 0) is 6.42 Å². The number of rotatable bonds is 7. The second-order valence-electron chi connectivity index (χ2n) is 7.04. The summed E-state index contributed by atoms with van der Waals surface area (Å²) >= 11 is 0. The van der Waals surface area contributed by atoms with Gasteiger partial charge in [-0.05, 0) is 53.8 Å². The number of halogens is 5. The van der Waals surface area contributed by atoms with E-state index in [2.05, 4.69) is 11.7 Å². The van der Waals surface area contributed by atoms with Gasteiger partial charge in [0.25, 0.3) is 0 Å². The van der Waals surface area contributed by atoms with Crippen molar-refractivity contribution < 1.29 is 26.7 Å². The van der Waals surface area contributed by atoms with Gasteiger partial charge < -0.3 is 4.74 Å². The highest BCUT2D eigenvalue weighted by molar-refractivity contribution is 5.71. The maximum atomic E-state index is 14.7. The third kappa shape index (κ3) is 5.59. The van der Waals surface area contributed by atoms with E-state index in [1.54, 1.807) is 12.1 Å². The third-order valence-corrected chi connectivity index (χ3v) is 4.78. The number of aryl methyl sites for hydroxylation is 1. The topological polar surface area (TPSA) is 9.23 Å². The molecule has 0 aliphatic heterocycles. The summed E-state index contributed by atoms with van der Waals surface area (Å²) in [5.41, 5.74) is 2.19. The molecule has 0 spiro atoms. The summed E-state index contributed by atoms with van der Waals surface area (Å²) in [5, 5.41) is 0. The molecule has 158 valence electrons. The molecule has 0 aliphatic rings. The molecule has 30 heavy (non-hydrogen) atoms. The van der Waals surface area contributed by atoms with Crippen molar-refractivity contribution in [2.75, 3.05) is 0 Å². The second-order valence-corrected chi connectivity index (χ2v) is 7.04. The van der Waals surface area contributed by atoms with Crippen molar-refractivity contribution in [1.82, 2.24) is 0 Å². The Bertz CT molecular complexity index is 993. The predicted molar refractivity (Wildman–Crippen MR) is 107 cm³/mol. The fourth-order valence-corrected chi connectivity index (χ4v) is 3.28. The standard InChI is InChI=1S/C24H21F5O/c1-2-3-4-5-16-6-12-21(22(25)14-16)18-9-13-20(23(26)15-18)17-7-10-19(11-8-17)30-24(27,28)29/h6-15H,2-5H2,1H3. The Morgan fingerprint density at radius 2 is 1.33 bits per heavy atom. The highest BCUT2D eigenvalue weighted by Gasteiger charge is 2.31. The highest BCUT2D eigenvalue weighted by Crippen LogP contribution is 2.31. The minimum Gasteiger partial charge on any atom is -0.406 e. The van der Waals surface area contributed by atoms with Crippen LogP contribution in [0, 0.1) is 11.6 Å². The van der Waals surface area contributed by atoms with Gasteiger partial charge in [0, 0.05) is 11.1 Å². The molecule has 0 aliphatic carbocycles. The minimum absolute atomic E-state index is 0.203. The van der Waals surface area contributed by atoms with Gasteiger partial charge in [-0.2, -0.15) is 0 Å². The van der Waals surface area contributed by atoms with E-state index >= 15 is 0 Å². The smallest absolute Gasteiger partial charge is 0.406 e. The summed E-state index contributed by atoms with van der Waals surface area (Å²) in [6, 6.07) is 14.2. The number of hydrogen-bond donors (Lipinski definition) is 0. The van der Waals surface area contributed by atoms with E-state index in [1.807, 2.05) is 6.07 Å². The lowest BCUT2D eigenvalue weighted by Crippen LogP contribution is -2.16. The summed E-state index contributed by atoms with van der Waals surface area (Å²) in [6.45, 7) is 2.10. The van der Waals surface area contributed by atoms with Crippen molar-refractivity contribution >= 4 is 0 Å². The maximum absolute atomic E-state index is 14.7. The summed E-state index contributed by atoms with van der Waals surface area (Å²) in [6.07, 6.45) is -0.828. The van der Waals surface area contributed by atoms with Crippen LogP contribution in [0.3, 0.4) is 0 Å². The van der Waals surface area contributed by atoms with E-state index in [0.29, 0.717) is 16.7 Å². The fourth-order valence-electron chi connectivity index (χ4n) is 3.28. The first kappa shape index (κ1) is 21.8. The van der Waals surface area contributed by atoms with E-state index in [9.17, 15) is 22.0 Å². The first-order valence-corrected chi connectivity index (χ1v) is 9.71. The molecule has 1 nitrogen and oxygen atoms in total. The quantitative estimate of drug-likeness (QED) is 0.279. The molecule has 0 unspecified atom stereocenters. The molecule has 0 bridgehead atoms. The fraction of sp³-hybridized carbons (Fsp3) is 0.250. The van der Waals surface area contributed by atoms with Crippen LogP contribution in [0.4, 0.5) is 22.0 Å². The number of ether oxygens (including phenoxy) is 1. The average molecular weight is 420 g/mol. The van der Waals surface area contributed by atoms with Crippen molar-refractivity contribution in [1.29, 1.82) is 0 Å². The van der Waals surface area contributed by atoms with Crippen molar-refractivity contribution in [2.45, 2.75) is 39.0 Å². The van der Waals surface area contributed by atoms with Crippen molar-refractivity contribution in [3.05, 3.63) is 77.9 Å². The molecule has 0 saturated heterocycles. The lowest BCUT2D eigenvalue weighted by atomic mass is 9.97. The van der Waals surface area contributed by atoms with Crippen LogP contribution < -0.4 is 4.74 Å². The van der Waals surface area contributed by atoms with Gasteiger partial charge in [-0.1, -0.05) is 56.2 Å². The number of alkyl halides is 3. The SMILES string of the molecule is CCCCCc1ccc(-c2ccc(-c3ccc(OC(F)(F)F)cc3)c(F)c2)c(F)c1. The Kier molecular flexibility index (Phi) is 6.75. The van der Waals surface area contributed by atoms with Gasteiger partial charge in [0.1, 0.15) is 17.4 Å². The van der Waals surface area contributed by atoms with Gasteiger partial charge in [-0.25, -0.2) is 8.78 Å². The summed E-state index contributed by atoms with van der Waals surface area (Å²) in [5.74, 6) is -1.39. The van der Waals surface area contributed by atoms with Crippen LogP contribution in [0.25, 0.3) is 22.3 Å². The predicted octanol–water partition coefficient (Wildman–Crippen LogP) is 7.93. The molecule has 6 heteroatoms. The van der Waals surface area contributed by atoms with Crippen LogP contribution in [0.1, 0.15) is 31.7 Å². The van der Waals surface area contributed by atoms with Gasteiger partial charge in [-0.3, -0.25) is 0 Å². The monoisotopic (exact) mass is 420 g/mol. The Labute approximate surface area is 172 Å². The molecule has 0 saturated carbocycles. The number of hydrogen-bond acceptors (Lipinski definition) is 1. The lowest BCUT2D eigenvalue weighted by molar-refractivity contribution is -0.274. The Morgan fingerprint density at radius 1 is 0.733 bits per heavy atom. The molecule has 0 heterocycles. The van der Waals surface area contributed by atoms with Crippen LogP contribution in [0.15, 0.2) is 60.7 Å². The van der Waals surface area contributed by atoms with Crippen molar-refractivity contribution in [3.63, 3.8) is 0 Å². The molecule has 0 N–H and O–H groups in total. The Morgan fingerprint density at radius 3 is 1.93 bits per heavy atom. The summed E-state index contributed by atoms with van der Waals surface area (Å²) < 4.78 is 69.8. The molecule has 0 fully saturated rings. The molecule has 3 aromatic carbocycles. The van der Waals surface area contributed by atoms with Gasteiger partial charge in [0.15, 0.2) is 0 Å². The molecule has 0 aromatic heterocycles. The third-order valence-electron chi connectivity index (χ3n) is 4.78. The molecule has 3 rings (SSSR count). The zero-order valence-corrected chi connectivity index (χ0v) is 16.4. The van der Waals surface area contributed by atoms with E-state index in [0.717, 1.165) is 43.4 Å². The largest absolute Gasteiger partial charge is 0.573 e. The molecule has 3 aromatic rings. The lowest BCUT2D eigenvalue weighted by Gasteiger charge is -2.11. The zero-order chi connectivity index (χ0) is 21.7. The zero-order valence-electron chi connectivity index (χ0n) is 16.4.